The van der Waals surface area contributed by atoms with Crippen molar-refractivity contribution in [2.24, 2.45) is 0 Å². The maximum Gasteiger partial charge on any atom is 0.150 e. The topological polar surface area (TPSA) is 78.9 Å². The third-order valence-electron chi connectivity index (χ3n) is 5.06. The Morgan fingerprint density at radius 1 is 0.933 bits per heavy atom. The Kier molecular flexibility index (Phi) is 5.99. The summed E-state index contributed by atoms with van der Waals surface area (Å²) in [6.07, 6.45) is 7.54. The number of benzene rings is 1. The fourth-order valence-electron chi connectivity index (χ4n) is 3.41. The molecule has 1 aromatic carbocycles. The molecule has 0 unspecified atom stereocenters. The minimum Gasteiger partial charge on any atom is -0.354 e. The van der Waals surface area contributed by atoms with Gasteiger partial charge in [-0.25, -0.2) is 15.0 Å². The van der Waals surface area contributed by atoms with Crippen molar-refractivity contribution in [2.45, 2.75) is 20.8 Å². The summed E-state index contributed by atoms with van der Waals surface area (Å²) in [6, 6.07) is 8.39. The van der Waals surface area contributed by atoms with Crippen LogP contribution in [0.2, 0.25) is 0 Å². The molecule has 7 heteroatoms. The van der Waals surface area contributed by atoms with E-state index >= 15 is 0 Å². The molecule has 0 radical (unpaired) electrons. The number of hydrogen-bond donors (Lipinski definition) is 2. The van der Waals surface area contributed by atoms with Gasteiger partial charge in [-0.2, -0.15) is 0 Å². The molecule has 3 heterocycles. The summed E-state index contributed by atoms with van der Waals surface area (Å²) in [5.41, 5.74) is 4.48. The van der Waals surface area contributed by atoms with E-state index in [0.717, 1.165) is 49.3 Å². The Morgan fingerprint density at radius 3 is 2.53 bits per heavy atom. The summed E-state index contributed by atoms with van der Waals surface area (Å²) in [5.74, 6) is 3.05. The zero-order valence-corrected chi connectivity index (χ0v) is 17.7. The monoisotopic (exact) mass is 401 g/mol. The van der Waals surface area contributed by atoms with Gasteiger partial charge in [0.25, 0.3) is 0 Å². The van der Waals surface area contributed by atoms with Crippen molar-refractivity contribution in [3.8, 4) is 0 Å². The molecule has 1 aliphatic rings. The highest BCUT2D eigenvalue weighted by molar-refractivity contribution is 5.70. The predicted molar refractivity (Wildman–Crippen MR) is 122 cm³/mol. The molecule has 2 aromatic heterocycles. The van der Waals surface area contributed by atoms with E-state index in [1.807, 2.05) is 19.1 Å². The second kappa shape index (κ2) is 9.00. The summed E-state index contributed by atoms with van der Waals surface area (Å²) in [4.78, 5) is 20.3. The highest BCUT2D eigenvalue weighted by Crippen LogP contribution is 2.19. The molecule has 1 aliphatic heterocycles. The third kappa shape index (κ3) is 4.99. The van der Waals surface area contributed by atoms with Crippen LogP contribution in [0.5, 0.6) is 0 Å². The fraction of sp³-hybridized carbons (Fsp3) is 0.304. The number of hydrogen-bond acceptors (Lipinski definition) is 7. The molecule has 154 valence electrons. The first-order valence-corrected chi connectivity index (χ1v) is 10.2. The highest BCUT2D eigenvalue weighted by atomic mass is 15.2. The number of rotatable bonds is 5. The Morgan fingerprint density at radius 2 is 1.77 bits per heavy atom. The minimum absolute atomic E-state index is 0.656. The molecule has 0 saturated carbocycles. The van der Waals surface area contributed by atoms with E-state index in [-0.39, 0.29) is 0 Å². The van der Waals surface area contributed by atoms with Crippen molar-refractivity contribution in [3.63, 3.8) is 0 Å². The first-order chi connectivity index (χ1) is 14.6. The number of piperazine rings is 1. The van der Waals surface area contributed by atoms with Crippen LogP contribution < -0.4 is 15.5 Å². The normalized spacial score (nSPS) is 14.3. The largest absolute Gasteiger partial charge is 0.354 e. The van der Waals surface area contributed by atoms with Crippen LogP contribution in [0.25, 0.3) is 12.2 Å². The average molecular weight is 402 g/mol. The van der Waals surface area contributed by atoms with Gasteiger partial charge in [0.1, 0.15) is 23.3 Å². The zero-order chi connectivity index (χ0) is 20.9. The molecular weight excluding hydrogens is 374 g/mol. The maximum absolute atomic E-state index is 4.58. The fourth-order valence-corrected chi connectivity index (χ4v) is 3.41. The van der Waals surface area contributed by atoms with E-state index in [1.165, 1.54) is 16.7 Å². The van der Waals surface area contributed by atoms with E-state index in [0.29, 0.717) is 5.82 Å². The summed E-state index contributed by atoms with van der Waals surface area (Å²) in [6.45, 7) is 9.93. The average Bonchev–Trinajstić information content (AvgIpc) is 2.75. The van der Waals surface area contributed by atoms with Gasteiger partial charge in [-0.3, -0.25) is 4.98 Å². The van der Waals surface area contributed by atoms with Crippen LogP contribution in [0, 0.1) is 20.8 Å². The molecule has 0 amide bonds. The lowest BCUT2D eigenvalue weighted by molar-refractivity contribution is 0.584. The Labute approximate surface area is 177 Å². The molecular formula is C23H27N7. The van der Waals surface area contributed by atoms with Crippen molar-refractivity contribution in [1.82, 2.24) is 25.3 Å². The minimum atomic E-state index is 0.656. The first-order valence-electron chi connectivity index (χ1n) is 10.2. The van der Waals surface area contributed by atoms with Gasteiger partial charge in [0.2, 0.25) is 0 Å². The number of aromatic nitrogens is 4. The smallest absolute Gasteiger partial charge is 0.150 e. The van der Waals surface area contributed by atoms with Crippen molar-refractivity contribution in [1.29, 1.82) is 0 Å². The molecule has 1 saturated heterocycles. The quantitative estimate of drug-likeness (QED) is 0.677. The van der Waals surface area contributed by atoms with E-state index in [1.54, 1.807) is 12.4 Å². The molecule has 3 aromatic rings. The molecule has 7 nitrogen and oxygen atoms in total. The maximum atomic E-state index is 4.58. The second-order valence-corrected chi connectivity index (χ2v) is 7.54. The van der Waals surface area contributed by atoms with Crippen molar-refractivity contribution in [2.75, 3.05) is 36.4 Å². The van der Waals surface area contributed by atoms with Crippen molar-refractivity contribution >= 4 is 29.6 Å². The molecule has 0 bridgehead atoms. The van der Waals surface area contributed by atoms with E-state index < -0.39 is 0 Å². The van der Waals surface area contributed by atoms with Crippen LogP contribution in [0.15, 0.2) is 36.7 Å². The molecule has 2 N–H and O–H groups in total. The van der Waals surface area contributed by atoms with Crippen LogP contribution in [0.1, 0.15) is 28.2 Å². The SMILES string of the molecule is Cc1ccc(C)c(/C=C/c2cnc(Nc3cc(N4CCNCC4)nc(C)n3)cn2)c1. The van der Waals surface area contributed by atoms with Gasteiger partial charge in [-0.15, -0.1) is 0 Å². The Hall–Kier alpha value is -3.32. The number of anilines is 3. The van der Waals surface area contributed by atoms with Gasteiger partial charge in [0, 0.05) is 32.2 Å². The van der Waals surface area contributed by atoms with Crippen LogP contribution in [0.3, 0.4) is 0 Å². The summed E-state index contributed by atoms with van der Waals surface area (Å²) in [5, 5.41) is 6.61. The van der Waals surface area contributed by atoms with E-state index in [4.69, 9.17) is 0 Å². The summed E-state index contributed by atoms with van der Waals surface area (Å²) < 4.78 is 0. The molecule has 0 spiro atoms. The number of aryl methyl sites for hydroxylation is 3. The molecule has 4 rings (SSSR count). The molecule has 1 fully saturated rings. The molecule has 0 aliphatic carbocycles. The first kappa shape index (κ1) is 20.0. The van der Waals surface area contributed by atoms with Crippen molar-refractivity contribution in [3.05, 3.63) is 64.9 Å². The lowest BCUT2D eigenvalue weighted by Crippen LogP contribution is -2.44. The van der Waals surface area contributed by atoms with Gasteiger partial charge in [0.05, 0.1) is 18.1 Å². The zero-order valence-electron chi connectivity index (χ0n) is 17.7. The van der Waals surface area contributed by atoms with Crippen molar-refractivity contribution < 1.29 is 0 Å². The highest BCUT2D eigenvalue weighted by Gasteiger charge is 2.13. The Balaban J connectivity index is 1.46. The van der Waals surface area contributed by atoms with Gasteiger partial charge in [0.15, 0.2) is 0 Å². The van der Waals surface area contributed by atoms with Gasteiger partial charge >= 0.3 is 0 Å². The Bertz CT molecular complexity index is 1040. The van der Waals surface area contributed by atoms with Gasteiger partial charge in [-0.1, -0.05) is 29.8 Å². The summed E-state index contributed by atoms with van der Waals surface area (Å²) >= 11 is 0. The molecule has 0 atom stereocenters. The number of nitrogens with one attached hydrogen (secondary N) is 2. The van der Waals surface area contributed by atoms with Crippen LogP contribution >= 0.6 is 0 Å². The number of nitrogens with zero attached hydrogens (tertiary/aromatic N) is 5. The second-order valence-electron chi connectivity index (χ2n) is 7.54. The van der Waals surface area contributed by atoms with Crippen LogP contribution in [-0.2, 0) is 0 Å². The van der Waals surface area contributed by atoms with E-state index in [9.17, 15) is 0 Å². The van der Waals surface area contributed by atoms with Crippen LogP contribution in [0.4, 0.5) is 17.5 Å². The van der Waals surface area contributed by atoms with Gasteiger partial charge < -0.3 is 15.5 Å². The standard InChI is InChI=1S/C23H27N7/c1-16-4-5-17(2)19(12-16)6-7-20-14-26-22(15-25-20)29-21-13-23(28-18(3)27-21)30-10-8-24-9-11-30/h4-7,12-15,24H,8-11H2,1-3H3,(H,26,27,28,29)/b7-6+. The van der Waals surface area contributed by atoms with E-state index in [2.05, 4.69) is 73.6 Å². The summed E-state index contributed by atoms with van der Waals surface area (Å²) in [7, 11) is 0. The van der Waals surface area contributed by atoms with Gasteiger partial charge in [-0.05, 0) is 38.0 Å². The lowest BCUT2D eigenvalue weighted by atomic mass is 10.1. The predicted octanol–water partition coefficient (Wildman–Crippen LogP) is 3.52. The third-order valence-corrected chi connectivity index (χ3v) is 5.06. The molecule has 30 heavy (non-hydrogen) atoms. The lowest BCUT2D eigenvalue weighted by Gasteiger charge is -2.28. The van der Waals surface area contributed by atoms with Crippen LogP contribution in [-0.4, -0.2) is 46.1 Å².